The molecule has 4 atom stereocenters. The number of carbonyl (C=O) groups is 1. The Morgan fingerprint density at radius 3 is 2.46 bits per heavy atom. The van der Waals surface area contributed by atoms with E-state index in [1.165, 1.54) is 44.2 Å². The van der Waals surface area contributed by atoms with Gasteiger partial charge in [-0.2, -0.15) is 0 Å². The van der Waals surface area contributed by atoms with Crippen molar-refractivity contribution >= 4 is 23.2 Å². The van der Waals surface area contributed by atoms with Gasteiger partial charge in [-0.3, -0.25) is 0 Å². The number of anilines is 1. The van der Waals surface area contributed by atoms with Crippen LogP contribution in [0.4, 0.5) is 24.5 Å². The topological polar surface area (TPSA) is 59.9 Å². The lowest BCUT2D eigenvalue weighted by Crippen LogP contribution is -2.32. The number of alkyl halides is 3. The van der Waals surface area contributed by atoms with Gasteiger partial charge in [-0.25, -0.2) is 9.79 Å². The molecule has 8 heteroatoms. The molecule has 2 aromatic carbocycles. The average Bonchev–Trinajstić information content (AvgIpc) is 3.02. The van der Waals surface area contributed by atoms with Crippen LogP contribution in [0.3, 0.4) is 0 Å². The molecule has 1 heterocycles. The van der Waals surface area contributed by atoms with Gasteiger partial charge >= 0.3 is 12.3 Å². The van der Waals surface area contributed by atoms with Crippen LogP contribution in [0, 0.1) is 23.7 Å². The van der Waals surface area contributed by atoms with Crippen molar-refractivity contribution in [3.63, 3.8) is 0 Å². The van der Waals surface area contributed by atoms with Crippen molar-refractivity contribution in [1.29, 1.82) is 0 Å². The van der Waals surface area contributed by atoms with E-state index in [4.69, 9.17) is 9.73 Å². The molecule has 0 saturated heterocycles. The second-order valence-electron chi connectivity index (χ2n) is 10.7. The summed E-state index contributed by atoms with van der Waals surface area (Å²) in [7, 11) is 1.36. The first-order valence-electron chi connectivity index (χ1n) is 13.0. The van der Waals surface area contributed by atoms with E-state index in [1.54, 1.807) is 6.07 Å². The zero-order valence-corrected chi connectivity index (χ0v) is 21.8. The van der Waals surface area contributed by atoms with Crippen molar-refractivity contribution in [1.82, 2.24) is 0 Å². The molecule has 4 rings (SSSR count). The number of nitrogens with zero attached hydrogens (tertiary/aromatic N) is 1. The molecule has 0 bridgehead atoms. The Bertz CT molecular complexity index is 1130. The zero-order chi connectivity index (χ0) is 26.7. The molecule has 1 aliphatic heterocycles. The largest absolute Gasteiger partial charge is 0.573 e. The van der Waals surface area contributed by atoms with Crippen molar-refractivity contribution in [3.05, 3.63) is 53.6 Å². The summed E-state index contributed by atoms with van der Waals surface area (Å²) in [6.45, 7) is 6.94. The summed E-state index contributed by atoms with van der Waals surface area (Å²) in [6, 6.07) is 11.3. The van der Waals surface area contributed by atoms with Crippen LogP contribution in [-0.4, -0.2) is 25.3 Å². The van der Waals surface area contributed by atoms with E-state index in [0.29, 0.717) is 53.1 Å². The standard InChI is InChI=1S/C29H35F3N2O3/c1-17(2)22-11-5-18(3)15-25(22)23-13-14-27(33-20-7-9-21(10-8-20)37-29(30,31)32)34-26-16-19(28(35)36-4)6-12-24(23)26/h6-10,12,16-18,22-23,25H,5,11,13-15H2,1-4H3,(H,33,34)/t18-,22+,23?,25-/m1/s1. The van der Waals surface area contributed by atoms with Crippen LogP contribution in [0.25, 0.3) is 0 Å². The van der Waals surface area contributed by atoms with E-state index in [-0.39, 0.29) is 5.75 Å². The molecule has 37 heavy (non-hydrogen) atoms. The molecule has 1 fully saturated rings. The van der Waals surface area contributed by atoms with Crippen LogP contribution < -0.4 is 10.1 Å². The van der Waals surface area contributed by atoms with Gasteiger partial charge in [0.2, 0.25) is 0 Å². The predicted octanol–water partition coefficient (Wildman–Crippen LogP) is 8.10. The molecular formula is C29H35F3N2O3. The number of benzene rings is 2. The highest BCUT2D eigenvalue weighted by molar-refractivity contribution is 5.98. The number of amidine groups is 1. The van der Waals surface area contributed by atoms with Gasteiger partial charge in [-0.1, -0.05) is 33.3 Å². The van der Waals surface area contributed by atoms with Crippen molar-refractivity contribution in [3.8, 4) is 5.75 Å². The van der Waals surface area contributed by atoms with Gasteiger partial charge in [-0.15, -0.1) is 13.2 Å². The van der Waals surface area contributed by atoms with Gasteiger partial charge in [-0.05, 0) is 90.8 Å². The van der Waals surface area contributed by atoms with Crippen LogP contribution in [0.15, 0.2) is 47.5 Å². The normalized spacial score (nSPS) is 24.1. The Balaban J connectivity index is 1.65. The van der Waals surface area contributed by atoms with Crippen LogP contribution >= 0.6 is 0 Å². The van der Waals surface area contributed by atoms with Crippen molar-refractivity contribution in [2.75, 3.05) is 12.4 Å². The highest BCUT2D eigenvalue weighted by atomic mass is 19.4. The quantitative estimate of drug-likeness (QED) is 0.408. The minimum absolute atomic E-state index is 0.278. The van der Waals surface area contributed by atoms with Crippen molar-refractivity contribution in [2.45, 2.75) is 65.2 Å². The fraction of sp³-hybridized carbons (Fsp3) is 0.517. The molecule has 0 radical (unpaired) electrons. The third kappa shape index (κ3) is 6.65. The van der Waals surface area contributed by atoms with Crippen LogP contribution in [0.1, 0.15) is 74.7 Å². The lowest BCUT2D eigenvalue weighted by molar-refractivity contribution is -0.274. The molecule has 0 amide bonds. The molecule has 200 valence electrons. The SMILES string of the molecule is COC(=O)c1ccc2c(c1)N=C(Nc1ccc(OC(F)(F)F)cc1)CCC2[C@@H]1C[C@H](C)CC[C@H]1C(C)C. The summed E-state index contributed by atoms with van der Waals surface area (Å²) in [5, 5.41) is 3.28. The molecule has 5 nitrogen and oxygen atoms in total. The van der Waals surface area contributed by atoms with E-state index >= 15 is 0 Å². The molecule has 0 aromatic heterocycles. The molecule has 1 aliphatic carbocycles. The second kappa shape index (κ2) is 11.2. The Kier molecular flexibility index (Phi) is 8.14. The minimum Gasteiger partial charge on any atom is -0.465 e. The molecule has 1 N–H and O–H groups in total. The highest BCUT2D eigenvalue weighted by Crippen LogP contribution is 2.49. The summed E-state index contributed by atoms with van der Waals surface area (Å²) >= 11 is 0. The van der Waals surface area contributed by atoms with Crippen molar-refractivity contribution in [2.24, 2.45) is 28.7 Å². The first-order chi connectivity index (χ1) is 17.5. The van der Waals surface area contributed by atoms with E-state index < -0.39 is 12.3 Å². The smallest absolute Gasteiger partial charge is 0.465 e. The van der Waals surface area contributed by atoms with E-state index in [0.717, 1.165) is 24.1 Å². The number of nitrogens with one attached hydrogen (secondary N) is 1. The summed E-state index contributed by atoms with van der Waals surface area (Å²) in [4.78, 5) is 17.2. The number of hydrogen-bond donors (Lipinski definition) is 1. The Labute approximate surface area is 216 Å². The average molecular weight is 517 g/mol. The maximum atomic E-state index is 12.5. The lowest BCUT2D eigenvalue weighted by Gasteiger charge is -2.42. The number of ether oxygens (including phenoxy) is 2. The van der Waals surface area contributed by atoms with Crippen LogP contribution in [-0.2, 0) is 4.74 Å². The van der Waals surface area contributed by atoms with Crippen molar-refractivity contribution < 1.29 is 27.4 Å². The molecule has 1 unspecified atom stereocenters. The van der Waals surface area contributed by atoms with Crippen LogP contribution in [0.5, 0.6) is 5.75 Å². The van der Waals surface area contributed by atoms with Gasteiger partial charge in [0.15, 0.2) is 0 Å². The minimum atomic E-state index is -4.74. The Morgan fingerprint density at radius 2 is 1.81 bits per heavy atom. The number of carbonyl (C=O) groups excluding carboxylic acids is 1. The molecular weight excluding hydrogens is 481 g/mol. The lowest BCUT2D eigenvalue weighted by atomic mass is 9.63. The summed E-state index contributed by atoms with van der Waals surface area (Å²) in [5.41, 5.74) is 2.94. The fourth-order valence-electron chi connectivity index (χ4n) is 6.03. The Morgan fingerprint density at radius 1 is 1.08 bits per heavy atom. The number of rotatable bonds is 5. The Hall–Kier alpha value is -3.03. The van der Waals surface area contributed by atoms with Gasteiger partial charge in [0.05, 0.1) is 18.4 Å². The first-order valence-corrected chi connectivity index (χ1v) is 13.0. The third-order valence-corrected chi connectivity index (χ3v) is 7.77. The van der Waals surface area contributed by atoms with Gasteiger partial charge in [0.25, 0.3) is 0 Å². The number of esters is 1. The summed E-state index contributed by atoms with van der Waals surface area (Å²) in [5.74, 6) is 2.68. The highest BCUT2D eigenvalue weighted by Gasteiger charge is 2.38. The summed E-state index contributed by atoms with van der Waals surface area (Å²) in [6.07, 6.45) is 0.469. The summed E-state index contributed by atoms with van der Waals surface area (Å²) < 4.78 is 46.5. The number of aliphatic imine (C=N–C) groups is 1. The number of methoxy groups -OCH3 is 1. The van der Waals surface area contributed by atoms with Crippen LogP contribution in [0.2, 0.25) is 0 Å². The van der Waals surface area contributed by atoms with E-state index in [1.807, 2.05) is 12.1 Å². The maximum Gasteiger partial charge on any atom is 0.573 e. The molecule has 0 spiro atoms. The fourth-order valence-corrected chi connectivity index (χ4v) is 6.03. The van der Waals surface area contributed by atoms with Gasteiger partial charge in [0, 0.05) is 12.1 Å². The zero-order valence-electron chi connectivity index (χ0n) is 21.8. The maximum absolute atomic E-state index is 12.5. The van der Waals surface area contributed by atoms with Gasteiger partial charge < -0.3 is 14.8 Å². The van der Waals surface area contributed by atoms with E-state index in [2.05, 4.69) is 30.8 Å². The number of halogens is 3. The number of fused-ring (bicyclic) bond motifs is 1. The van der Waals surface area contributed by atoms with Gasteiger partial charge in [0.1, 0.15) is 11.6 Å². The molecule has 1 saturated carbocycles. The molecule has 2 aromatic rings. The second-order valence-corrected chi connectivity index (χ2v) is 10.7. The number of hydrogen-bond acceptors (Lipinski definition) is 5. The van der Waals surface area contributed by atoms with E-state index in [9.17, 15) is 18.0 Å². The predicted molar refractivity (Wildman–Crippen MR) is 138 cm³/mol. The molecule has 2 aliphatic rings. The first kappa shape index (κ1) is 27.0. The third-order valence-electron chi connectivity index (χ3n) is 7.77. The monoisotopic (exact) mass is 516 g/mol.